The number of nitrogens with zero attached hydrogens (tertiary/aromatic N) is 2. The number of hydrogen-bond acceptors (Lipinski definition) is 3. The van der Waals surface area contributed by atoms with Crippen molar-refractivity contribution in [2.24, 2.45) is 5.92 Å². The number of nitrogen functional groups attached to an aromatic ring is 1. The molecule has 1 aliphatic heterocycles. The number of halogens is 1. The van der Waals surface area contributed by atoms with Crippen LogP contribution in [0.3, 0.4) is 0 Å². The van der Waals surface area contributed by atoms with Gasteiger partial charge in [0.05, 0.1) is 0 Å². The lowest BCUT2D eigenvalue weighted by molar-refractivity contribution is 0.0632. The van der Waals surface area contributed by atoms with Gasteiger partial charge in [0.1, 0.15) is 0 Å². The van der Waals surface area contributed by atoms with Gasteiger partial charge in [-0.15, -0.1) is 0 Å². The van der Waals surface area contributed by atoms with E-state index in [-0.39, 0.29) is 5.91 Å². The van der Waals surface area contributed by atoms with Crippen LogP contribution >= 0.6 is 15.9 Å². The molecule has 2 rings (SSSR count). The van der Waals surface area contributed by atoms with Gasteiger partial charge in [0, 0.05) is 41.9 Å². The summed E-state index contributed by atoms with van der Waals surface area (Å²) in [5.41, 5.74) is 7.09. The second-order valence-corrected chi connectivity index (χ2v) is 7.01. The molecule has 2 N–H and O–H groups in total. The van der Waals surface area contributed by atoms with Crippen molar-refractivity contribution in [3.8, 4) is 0 Å². The summed E-state index contributed by atoms with van der Waals surface area (Å²) in [7, 11) is 0. The van der Waals surface area contributed by atoms with Gasteiger partial charge >= 0.3 is 0 Å². The zero-order chi connectivity index (χ0) is 15.4. The van der Waals surface area contributed by atoms with E-state index >= 15 is 0 Å². The van der Waals surface area contributed by atoms with Crippen LogP contribution in [0.15, 0.2) is 22.7 Å². The number of nitrogens with two attached hydrogens (primary N) is 1. The van der Waals surface area contributed by atoms with Gasteiger partial charge in [0.15, 0.2) is 0 Å². The van der Waals surface area contributed by atoms with E-state index in [0.29, 0.717) is 11.3 Å². The van der Waals surface area contributed by atoms with Crippen LogP contribution < -0.4 is 5.73 Å². The number of benzene rings is 1. The predicted octanol–water partition coefficient (Wildman–Crippen LogP) is 2.84. The van der Waals surface area contributed by atoms with Gasteiger partial charge in [0.25, 0.3) is 5.91 Å². The molecule has 1 fully saturated rings. The maximum atomic E-state index is 12.5. The molecule has 0 saturated carbocycles. The Bertz CT molecular complexity index is 476. The third-order valence-corrected chi connectivity index (χ3v) is 4.31. The summed E-state index contributed by atoms with van der Waals surface area (Å²) >= 11 is 3.39. The Kier molecular flexibility index (Phi) is 5.65. The van der Waals surface area contributed by atoms with Crippen molar-refractivity contribution in [1.82, 2.24) is 9.80 Å². The molecule has 21 heavy (non-hydrogen) atoms. The van der Waals surface area contributed by atoms with Crippen molar-refractivity contribution in [3.05, 3.63) is 28.2 Å². The van der Waals surface area contributed by atoms with Gasteiger partial charge < -0.3 is 10.6 Å². The molecule has 1 aromatic carbocycles. The lowest BCUT2D eigenvalue weighted by atomic mass is 10.1. The van der Waals surface area contributed by atoms with Crippen molar-refractivity contribution in [2.75, 3.05) is 38.5 Å². The SMILES string of the molecule is CC(C)CCN1CCN(C(=O)c2cc(N)cc(Br)c2)CC1. The van der Waals surface area contributed by atoms with Crippen molar-refractivity contribution in [2.45, 2.75) is 20.3 Å². The van der Waals surface area contributed by atoms with Crippen LogP contribution in [0.4, 0.5) is 5.69 Å². The molecular formula is C16H24BrN3O. The number of anilines is 1. The number of carbonyl (C=O) groups excluding carboxylic acids is 1. The minimum absolute atomic E-state index is 0.0755. The topological polar surface area (TPSA) is 49.6 Å². The molecule has 116 valence electrons. The predicted molar refractivity (Wildman–Crippen MR) is 90.4 cm³/mol. The summed E-state index contributed by atoms with van der Waals surface area (Å²) in [4.78, 5) is 16.9. The molecule has 1 heterocycles. The standard InChI is InChI=1S/C16H24BrN3O/c1-12(2)3-4-19-5-7-20(8-6-19)16(21)13-9-14(17)11-15(18)10-13/h9-12H,3-8,18H2,1-2H3. The van der Waals surface area contributed by atoms with Crippen molar-refractivity contribution >= 4 is 27.5 Å². The molecular weight excluding hydrogens is 330 g/mol. The minimum atomic E-state index is 0.0755. The van der Waals surface area contributed by atoms with E-state index < -0.39 is 0 Å². The largest absolute Gasteiger partial charge is 0.399 e. The Balaban J connectivity index is 1.91. The summed E-state index contributed by atoms with van der Waals surface area (Å²) in [6, 6.07) is 5.39. The van der Waals surface area contributed by atoms with E-state index in [0.717, 1.165) is 43.1 Å². The first-order valence-corrected chi connectivity index (χ1v) is 8.32. The van der Waals surface area contributed by atoms with Crippen LogP contribution in [0.25, 0.3) is 0 Å². The summed E-state index contributed by atoms with van der Waals surface area (Å²) in [5.74, 6) is 0.806. The second kappa shape index (κ2) is 7.27. The lowest BCUT2D eigenvalue weighted by Crippen LogP contribution is -2.49. The van der Waals surface area contributed by atoms with E-state index in [1.54, 1.807) is 12.1 Å². The molecule has 0 spiro atoms. The first-order chi connectivity index (χ1) is 9.95. The highest BCUT2D eigenvalue weighted by Gasteiger charge is 2.22. The molecule has 0 radical (unpaired) electrons. The Hall–Kier alpha value is -1.07. The summed E-state index contributed by atoms with van der Waals surface area (Å²) in [6.45, 7) is 9.13. The molecule has 1 aromatic rings. The van der Waals surface area contributed by atoms with Gasteiger partial charge in [0.2, 0.25) is 0 Å². The second-order valence-electron chi connectivity index (χ2n) is 6.09. The molecule has 5 heteroatoms. The van der Waals surface area contributed by atoms with Gasteiger partial charge in [-0.25, -0.2) is 0 Å². The molecule has 4 nitrogen and oxygen atoms in total. The monoisotopic (exact) mass is 353 g/mol. The Morgan fingerprint density at radius 3 is 2.48 bits per heavy atom. The van der Waals surface area contributed by atoms with Crippen molar-refractivity contribution < 1.29 is 4.79 Å². The minimum Gasteiger partial charge on any atom is -0.399 e. The average molecular weight is 354 g/mol. The Morgan fingerprint density at radius 2 is 1.90 bits per heavy atom. The normalized spacial score (nSPS) is 16.5. The molecule has 1 saturated heterocycles. The summed E-state index contributed by atoms with van der Waals surface area (Å²) in [6.07, 6.45) is 1.22. The Morgan fingerprint density at radius 1 is 1.24 bits per heavy atom. The zero-order valence-corrected chi connectivity index (χ0v) is 14.4. The average Bonchev–Trinajstić information content (AvgIpc) is 2.44. The van der Waals surface area contributed by atoms with Crippen LogP contribution in [0.1, 0.15) is 30.6 Å². The molecule has 0 atom stereocenters. The molecule has 1 aliphatic rings. The summed E-state index contributed by atoms with van der Waals surface area (Å²) < 4.78 is 0.849. The maximum Gasteiger partial charge on any atom is 0.254 e. The van der Waals surface area contributed by atoms with Crippen LogP contribution in [-0.4, -0.2) is 48.4 Å². The first-order valence-electron chi connectivity index (χ1n) is 7.53. The molecule has 0 unspecified atom stereocenters. The van der Waals surface area contributed by atoms with Crippen LogP contribution in [0, 0.1) is 5.92 Å². The fraction of sp³-hybridized carbons (Fsp3) is 0.562. The molecule has 1 amide bonds. The highest BCUT2D eigenvalue weighted by Crippen LogP contribution is 2.19. The third kappa shape index (κ3) is 4.71. The fourth-order valence-electron chi connectivity index (χ4n) is 2.53. The van der Waals surface area contributed by atoms with Gasteiger partial charge in [-0.3, -0.25) is 9.69 Å². The highest BCUT2D eigenvalue weighted by molar-refractivity contribution is 9.10. The summed E-state index contributed by atoms with van der Waals surface area (Å²) in [5, 5.41) is 0. The number of piperazine rings is 1. The van der Waals surface area contributed by atoms with E-state index in [9.17, 15) is 4.79 Å². The number of hydrogen-bond donors (Lipinski definition) is 1. The molecule has 0 bridgehead atoms. The van der Waals surface area contributed by atoms with Crippen molar-refractivity contribution in [1.29, 1.82) is 0 Å². The van der Waals surface area contributed by atoms with Gasteiger partial charge in [-0.1, -0.05) is 29.8 Å². The van der Waals surface area contributed by atoms with E-state index in [1.165, 1.54) is 6.42 Å². The third-order valence-electron chi connectivity index (χ3n) is 3.85. The highest BCUT2D eigenvalue weighted by atomic mass is 79.9. The smallest absolute Gasteiger partial charge is 0.254 e. The van der Waals surface area contributed by atoms with Gasteiger partial charge in [-0.2, -0.15) is 0 Å². The maximum absolute atomic E-state index is 12.5. The van der Waals surface area contributed by atoms with Crippen LogP contribution in [-0.2, 0) is 0 Å². The van der Waals surface area contributed by atoms with Crippen LogP contribution in [0.5, 0.6) is 0 Å². The van der Waals surface area contributed by atoms with Crippen molar-refractivity contribution in [3.63, 3.8) is 0 Å². The number of amides is 1. The van der Waals surface area contributed by atoms with Crippen LogP contribution in [0.2, 0.25) is 0 Å². The molecule has 0 aliphatic carbocycles. The number of carbonyl (C=O) groups is 1. The fourth-order valence-corrected chi connectivity index (χ4v) is 3.04. The molecule has 0 aromatic heterocycles. The first kappa shape index (κ1) is 16.3. The number of rotatable bonds is 4. The Labute approximate surface area is 135 Å². The van der Waals surface area contributed by atoms with E-state index in [4.69, 9.17) is 5.73 Å². The zero-order valence-electron chi connectivity index (χ0n) is 12.8. The van der Waals surface area contributed by atoms with E-state index in [2.05, 4.69) is 34.7 Å². The van der Waals surface area contributed by atoms with Gasteiger partial charge in [-0.05, 0) is 37.1 Å². The quantitative estimate of drug-likeness (QED) is 0.846. The van der Waals surface area contributed by atoms with E-state index in [1.807, 2.05) is 11.0 Å². The lowest BCUT2D eigenvalue weighted by Gasteiger charge is -2.35.